The summed E-state index contributed by atoms with van der Waals surface area (Å²) in [5.74, 6) is 13.2. The number of aliphatic hydroxyl groups excluding tert-OH is 4. The molecule has 0 aromatic heterocycles. The highest BCUT2D eigenvalue weighted by molar-refractivity contribution is 5.20. The van der Waals surface area contributed by atoms with E-state index in [0.29, 0.717) is 87.4 Å². The Bertz CT molecular complexity index is 2700. The van der Waals surface area contributed by atoms with Gasteiger partial charge in [0.15, 0.2) is 0 Å². The third-order valence-corrected chi connectivity index (χ3v) is 36.0. The van der Waals surface area contributed by atoms with Gasteiger partial charge >= 0.3 is 0 Å². The second kappa shape index (κ2) is 26.8. The highest BCUT2D eigenvalue weighted by atomic mass is 16.5. The van der Waals surface area contributed by atoms with Crippen molar-refractivity contribution in [1.29, 1.82) is 21.0 Å². The molecule has 0 heterocycles. The molecular formula is C85H136N4O6. The van der Waals surface area contributed by atoms with Gasteiger partial charge in [-0.1, -0.05) is 89.5 Å². The Kier molecular flexibility index (Phi) is 20.5. The third-order valence-electron chi connectivity index (χ3n) is 36.0. The molecule has 0 radical (unpaired) electrons. The summed E-state index contributed by atoms with van der Waals surface area (Å²) in [4.78, 5) is 0. The first-order valence-corrected chi connectivity index (χ1v) is 40.0. The molecule has 10 heteroatoms. The van der Waals surface area contributed by atoms with Crippen molar-refractivity contribution in [3.63, 3.8) is 0 Å². The first-order chi connectivity index (χ1) is 44.7. The average Bonchev–Trinajstić information content (AvgIpc) is 1.72. The summed E-state index contributed by atoms with van der Waals surface area (Å²) < 4.78 is 12.3. The number of nitriles is 4. The van der Waals surface area contributed by atoms with Crippen LogP contribution in [0.3, 0.4) is 0 Å². The van der Waals surface area contributed by atoms with E-state index < -0.39 is 0 Å². The van der Waals surface area contributed by atoms with Crippen molar-refractivity contribution in [2.24, 2.45) is 174 Å². The molecule has 16 rings (SSSR count). The van der Waals surface area contributed by atoms with Crippen molar-refractivity contribution in [3.05, 3.63) is 0 Å². The summed E-state index contributed by atoms with van der Waals surface area (Å²) >= 11 is 0. The SMILES string of the molecule is C.CO[C@H]1C[C@]2(C)[C@@H](C#N)CC[C@H]2[C@@H]2CC[C@H]3C[C@H](C)CC[C@]3(C)[C@H]21.CO[C@H]1C[C@]2(C)[C@@H](C#N)CC[C@H]2[C@@H]2CC[C@H]3C[C@H](O)CC[C@]3(C)[C@H]21.C[C@@H]1CC[C@@]2(C)[C@@H](CC[C@@H]3[C@@H]2[C@@H](O)C[C@]2(C)[C@@H](C#N)CC[C@@H]32)C1.C[C@]12CC[C@@H](O)C[C@@H]1CC[C@@H]1[C@@H]2[C@@H](O)C[C@]2(C)[C@@H](C#N)CC[C@@H]12. The number of hydrogen-bond donors (Lipinski definition) is 4. The lowest BCUT2D eigenvalue weighted by Gasteiger charge is -2.62. The predicted molar refractivity (Wildman–Crippen MR) is 376 cm³/mol. The van der Waals surface area contributed by atoms with E-state index in [1.165, 1.54) is 116 Å². The summed E-state index contributed by atoms with van der Waals surface area (Å²) in [7, 11) is 3.81. The van der Waals surface area contributed by atoms with Crippen LogP contribution in [-0.2, 0) is 9.47 Å². The molecular weight excluding hydrogens is 1170 g/mol. The van der Waals surface area contributed by atoms with Crippen LogP contribution in [0.2, 0.25) is 0 Å². The van der Waals surface area contributed by atoms with E-state index in [2.05, 4.69) is 93.5 Å². The summed E-state index contributed by atoms with van der Waals surface area (Å²) in [5, 5.41) is 81.1. The summed E-state index contributed by atoms with van der Waals surface area (Å²) in [6.07, 6.45) is 37.6. The van der Waals surface area contributed by atoms with Crippen LogP contribution in [-0.4, -0.2) is 71.3 Å². The molecule has 16 fully saturated rings. The molecule has 0 amide bonds. The van der Waals surface area contributed by atoms with Gasteiger partial charge in [0.1, 0.15) is 0 Å². The van der Waals surface area contributed by atoms with Crippen LogP contribution in [0.15, 0.2) is 0 Å². The van der Waals surface area contributed by atoms with Gasteiger partial charge in [0.2, 0.25) is 0 Å². The molecule has 16 saturated carbocycles. The van der Waals surface area contributed by atoms with Crippen molar-refractivity contribution in [3.8, 4) is 24.3 Å². The van der Waals surface area contributed by atoms with Crippen molar-refractivity contribution in [1.82, 2.24) is 0 Å². The van der Waals surface area contributed by atoms with Gasteiger partial charge in [0, 0.05) is 14.2 Å². The number of rotatable bonds is 2. The van der Waals surface area contributed by atoms with Gasteiger partial charge in [-0.2, -0.15) is 21.0 Å². The monoisotopic (exact) mass is 1310 g/mol. The van der Waals surface area contributed by atoms with Crippen molar-refractivity contribution >= 4 is 0 Å². The number of fused-ring (bicyclic) bond motifs is 20. The maximum absolute atomic E-state index is 11.2. The second-order valence-electron chi connectivity index (χ2n) is 39.5. The Labute approximate surface area is 578 Å². The molecule has 10 nitrogen and oxygen atoms in total. The van der Waals surface area contributed by atoms with Gasteiger partial charge < -0.3 is 29.9 Å². The van der Waals surface area contributed by atoms with Crippen molar-refractivity contribution in [2.75, 3.05) is 14.2 Å². The Hall–Kier alpha value is -2.28. The molecule has 16 aliphatic rings. The lowest BCUT2D eigenvalue weighted by atomic mass is 9.43. The lowest BCUT2D eigenvalue weighted by molar-refractivity contribution is -0.183. The van der Waals surface area contributed by atoms with E-state index in [1.54, 1.807) is 0 Å². The number of ether oxygens (including phenoxy) is 2. The molecule has 0 bridgehead atoms. The van der Waals surface area contributed by atoms with Crippen LogP contribution in [0.25, 0.3) is 0 Å². The highest BCUT2D eigenvalue weighted by Gasteiger charge is 2.68. The van der Waals surface area contributed by atoms with Gasteiger partial charge in [0.25, 0.3) is 0 Å². The molecule has 16 aliphatic carbocycles. The van der Waals surface area contributed by atoms with Crippen molar-refractivity contribution < 1.29 is 29.9 Å². The van der Waals surface area contributed by atoms with Gasteiger partial charge in [-0.05, 0) is 342 Å². The predicted octanol–water partition coefficient (Wildman–Crippen LogP) is 18.5. The fourth-order valence-corrected chi connectivity index (χ4v) is 31.1. The van der Waals surface area contributed by atoms with Crippen LogP contribution >= 0.6 is 0 Å². The van der Waals surface area contributed by atoms with E-state index in [9.17, 15) is 41.5 Å². The average molecular weight is 1310 g/mol. The van der Waals surface area contributed by atoms with Gasteiger partial charge in [-0.3, -0.25) is 0 Å². The molecule has 0 spiro atoms. The maximum atomic E-state index is 11.2. The normalized spacial score (nSPS) is 57.1. The van der Waals surface area contributed by atoms with Crippen LogP contribution in [0.1, 0.15) is 282 Å². The van der Waals surface area contributed by atoms with E-state index >= 15 is 0 Å². The molecule has 0 aliphatic heterocycles. The summed E-state index contributed by atoms with van der Waals surface area (Å²) in [6.45, 7) is 24.2. The zero-order valence-electron chi connectivity index (χ0n) is 61.2. The summed E-state index contributed by atoms with van der Waals surface area (Å²) in [5.41, 5.74) is 1.76. The van der Waals surface area contributed by atoms with Gasteiger partial charge in [0.05, 0.1) is 84.6 Å². The van der Waals surface area contributed by atoms with E-state index in [4.69, 9.17) is 9.47 Å². The highest BCUT2D eigenvalue weighted by Crippen LogP contribution is 2.73. The minimum absolute atomic E-state index is 0. The minimum atomic E-state index is -0.266. The molecule has 0 unspecified atom stereocenters. The standard InChI is InChI=1S/C22H35NO.C21H33NO2.C21H33NO.C20H31NO2.CH4/c1-14-9-10-21(2)15(11-14)5-7-17-18-8-6-16(13-23)22(18,3)12-19(24-4)20(17)21;1-20-9-8-15(23)10-13(20)4-6-16-17-7-5-14(12-22)21(17,2)11-18(24-3)19(16)20;1-13-8-9-20(2)14(10-13)4-6-16-17-7-5-15(12-22)21(17,3)11-18(23)19(16)20;1-19-8-7-14(22)9-12(19)3-5-15-16-6-4-13(11-21)20(16,2)10-17(23)18(15)19;/h14-20H,5-12H2,1-4H3;13-19,23H,4-11H2,1-3H3;13-19,23H,4-11H2,1-3H3;12-18,22-23H,3-10H2,1-2H3;1H4/t14-,15+,16-,17+,18+,19+,20-,21+,22-;13-,14+,15+,16-,17-,18-,19+,20-,21+;13-,14+,15-,16+,17+,18+,19-,20+,21-;12-,13+,14+,15-,16-,17-,18+,19-,20+;/m1010./s1. The van der Waals surface area contributed by atoms with Crippen LogP contribution in [0, 0.1) is 219 Å². The van der Waals surface area contributed by atoms with Crippen LogP contribution in [0.4, 0.5) is 0 Å². The smallest absolute Gasteiger partial charge is 0.0661 e. The molecule has 532 valence electrons. The zero-order valence-corrected chi connectivity index (χ0v) is 61.2. The Morgan fingerprint density at radius 3 is 0.874 bits per heavy atom. The maximum Gasteiger partial charge on any atom is 0.0661 e. The lowest BCUT2D eigenvalue weighted by Crippen LogP contribution is -2.59. The molecule has 0 aromatic rings. The minimum Gasteiger partial charge on any atom is -0.393 e. The number of methoxy groups -OCH3 is 2. The molecule has 0 aromatic carbocycles. The molecule has 4 N–H and O–H groups in total. The molecule has 36 atom stereocenters. The van der Waals surface area contributed by atoms with Crippen LogP contribution < -0.4 is 0 Å². The molecule has 95 heavy (non-hydrogen) atoms. The first-order valence-electron chi connectivity index (χ1n) is 40.0. The Morgan fingerprint density at radius 1 is 0.316 bits per heavy atom. The molecule has 0 saturated heterocycles. The summed E-state index contributed by atoms with van der Waals surface area (Å²) in [6, 6.07) is 10.4. The van der Waals surface area contributed by atoms with Crippen LogP contribution in [0.5, 0.6) is 0 Å². The topological polar surface area (TPSA) is 195 Å². The quantitative estimate of drug-likeness (QED) is 0.207. The largest absolute Gasteiger partial charge is 0.393 e. The third kappa shape index (κ3) is 11.5. The zero-order chi connectivity index (χ0) is 67.0. The fraction of sp³-hybridized carbons (Fsp3) is 0.953. The van der Waals surface area contributed by atoms with E-state index in [0.717, 1.165) is 131 Å². The van der Waals surface area contributed by atoms with Gasteiger partial charge in [-0.15, -0.1) is 0 Å². The number of hydrogen-bond acceptors (Lipinski definition) is 10. The second-order valence-corrected chi connectivity index (χ2v) is 39.5. The number of nitrogens with zero attached hydrogens (tertiary/aromatic N) is 4. The van der Waals surface area contributed by atoms with E-state index in [-0.39, 0.29) is 88.7 Å². The Morgan fingerprint density at radius 2 is 0.579 bits per heavy atom. The number of aliphatic hydroxyl groups is 4. The fourth-order valence-electron chi connectivity index (χ4n) is 31.1. The Balaban J connectivity index is 0.000000121. The first kappa shape index (κ1) is 72.5. The van der Waals surface area contributed by atoms with E-state index in [1.807, 2.05) is 14.2 Å². The van der Waals surface area contributed by atoms with Gasteiger partial charge in [-0.25, -0.2) is 0 Å². The van der Waals surface area contributed by atoms with Crippen molar-refractivity contribution in [2.45, 2.75) is 319 Å².